The van der Waals surface area contributed by atoms with Crippen LogP contribution >= 0.6 is 15.9 Å². The maximum atomic E-state index is 9.31. The molecule has 1 aliphatic rings. The Hall–Kier alpha value is -0.920. The number of hydrogen-bond acceptors (Lipinski definition) is 6. The van der Waals surface area contributed by atoms with Crippen molar-refractivity contribution in [3.05, 3.63) is 10.7 Å². The smallest absolute Gasteiger partial charge is 0.224 e. The van der Waals surface area contributed by atoms with Crippen molar-refractivity contribution in [3.8, 4) is 0 Å². The van der Waals surface area contributed by atoms with E-state index in [1.807, 2.05) is 6.92 Å². The first-order valence-corrected chi connectivity index (χ1v) is 7.71. The van der Waals surface area contributed by atoms with Crippen LogP contribution in [-0.4, -0.2) is 53.5 Å². The molecule has 1 aliphatic heterocycles. The standard InChI is InChI=1S/C13H21BrN4O2/c1-3-4-15-13-16-5-11(14)12(17-13)18-6-9(2)20-10(7-18)8-19/h5,9-10,19H,3-4,6-8H2,1-2H3,(H,15,16,17). The summed E-state index contributed by atoms with van der Waals surface area (Å²) >= 11 is 3.50. The minimum absolute atomic E-state index is 0.0183. The van der Waals surface area contributed by atoms with Crippen LogP contribution in [0.4, 0.5) is 11.8 Å². The van der Waals surface area contributed by atoms with Crippen molar-refractivity contribution in [1.82, 2.24) is 9.97 Å². The first kappa shape index (κ1) is 15.5. The first-order chi connectivity index (χ1) is 9.63. The molecular weight excluding hydrogens is 324 g/mol. The van der Waals surface area contributed by atoms with E-state index in [-0.39, 0.29) is 18.8 Å². The predicted octanol–water partition coefficient (Wildman–Crippen LogP) is 1.65. The largest absolute Gasteiger partial charge is 0.394 e. The van der Waals surface area contributed by atoms with E-state index >= 15 is 0 Å². The molecule has 112 valence electrons. The SMILES string of the molecule is CCCNc1ncc(Br)c(N2CC(C)OC(CO)C2)n1. The summed E-state index contributed by atoms with van der Waals surface area (Å²) in [4.78, 5) is 10.9. The van der Waals surface area contributed by atoms with Crippen molar-refractivity contribution >= 4 is 27.7 Å². The van der Waals surface area contributed by atoms with Crippen LogP contribution < -0.4 is 10.2 Å². The zero-order chi connectivity index (χ0) is 14.5. The molecule has 0 aliphatic carbocycles. The molecule has 2 heterocycles. The van der Waals surface area contributed by atoms with Gasteiger partial charge in [0.05, 0.1) is 23.3 Å². The summed E-state index contributed by atoms with van der Waals surface area (Å²) in [5.74, 6) is 1.47. The van der Waals surface area contributed by atoms with Gasteiger partial charge in [0.25, 0.3) is 0 Å². The molecule has 1 aromatic rings. The Kier molecular flexibility index (Phi) is 5.56. The molecule has 2 unspecified atom stereocenters. The van der Waals surface area contributed by atoms with Crippen molar-refractivity contribution in [3.63, 3.8) is 0 Å². The van der Waals surface area contributed by atoms with Gasteiger partial charge < -0.3 is 20.1 Å². The average Bonchev–Trinajstić information content (AvgIpc) is 2.45. The van der Waals surface area contributed by atoms with Gasteiger partial charge in [-0.2, -0.15) is 4.98 Å². The second-order valence-corrected chi connectivity index (χ2v) is 5.80. The number of anilines is 2. The topological polar surface area (TPSA) is 70.5 Å². The maximum absolute atomic E-state index is 9.31. The number of aromatic nitrogens is 2. The third kappa shape index (κ3) is 3.80. The first-order valence-electron chi connectivity index (χ1n) is 6.91. The van der Waals surface area contributed by atoms with Gasteiger partial charge in [-0.15, -0.1) is 0 Å². The number of halogens is 1. The molecule has 0 bridgehead atoms. The number of aliphatic hydroxyl groups excluding tert-OH is 1. The van der Waals surface area contributed by atoms with E-state index in [2.05, 4.69) is 43.0 Å². The maximum Gasteiger partial charge on any atom is 0.224 e. The highest BCUT2D eigenvalue weighted by Crippen LogP contribution is 2.27. The minimum Gasteiger partial charge on any atom is -0.394 e. The number of nitrogens with one attached hydrogen (secondary N) is 1. The number of aliphatic hydroxyl groups is 1. The Morgan fingerprint density at radius 1 is 1.55 bits per heavy atom. The number of morpholine rings is 1. The lowest BCUT2D eigenvalue weighted by Gasteiger charge is -2.37. The highest BCUT2D eigenvalue weighted by Gasteiger charge is 2.27. The lowest BCUT2D eigenvalue weighted by atomic mass is 10.2. The van der Waals surface area contributed by atoms with Gasteiger partial charge in [-0.1, -0.05) is 6.92 Å². The fourth-order valence-corrected chi connectivity index (χ4v) is 2.66. The zero-order valence-electron chi connectivity index (χ0n) is 11.8. The molecule has 0 amide bonds. The molecule has 0 saturated carbocycles. The summed E-state index contributed by atoms with van der Waals surface area (Å²) in [7, 11) is 0. The number of hydrogen-bond donors (Lipinski definition) is 2. The van der Waals surface area contributed by atoms with Gasteiger partial charge in [0.2, 0.25) is 5.95 Å². The quantitative estimate of drug-likeness (QED) is 0.846. The molecule has 0 aromatic carbocycles. The van der Waals surface area contributed by atoms with Crippen molar-refractivity contribution in [1.29, 1.82) is 0 Å². The van der Waals surface area contributed by atoms with Crippen molar-refractivity contribution in [2.45, 2.75) is 32.5 Å². The Bertz CT molecular complexity index is 446. The second-order valence-electron chi connectivity index (χ2n) is 4.95. The second kappa shape index (κ2) is 7.19. The summed E-state index contributed by atoms with van der Waals surface area (Å²) in [6, 6.07) is 0. The Balaban J connectivity index is 2.17. The van der Waals surface area contributed by atoms with Crippen molar-refractivity contribution < 1.29 is 9.84 Å². The van der Waals surface area contributed by atoms with E-state index in [4.69, 9.17) is 4.74 Å². The van der Waals surface area contributed by atoms with E-state index in [1.165, 1.54) is 0 Å². The van der Waals surface area contributed by atoms with Crippen LogP contribution in [0.2, 0.25) is 0 Å². The van der Waals surface area contributed by atoms with Crippen LogP contribution in [0.3, 0.4) is 0 Å². The molecule has 20 heavy (non-hydrogen) atoms. The predicted molar refractivity (Wildman–Crippen MR) is 82.1 cm³/mol. The van der Waals surface area contributed by atoms with E-state index < -0.39 is 0 Å². The van der Waals surface area contributed by atoms with Crippen LogP contribution in [0, 0.1) is 0 Å². The Morgan fingerprint density at radius 3 is 3.05 bits per heavy atom. The molecule has 0 spiro atoms. The van der Waals surface area contributed by atoms with Gasteiger partial charge in [0.15, 0.2) is 0 Å². The molecule has 2 rings (SSSR count). The molecule has 1 aromatic heterocycles. The molecule has 7 heteroatoms. The van der Waals surface area contributed by atoms with Gasteiger partial charge >= 0.3 is 0 Å². The lowest BCUT2D eigenvalue weighted by Crippen LogP contribution is -2.48. The molecule has 2 atom stereocenters. The molecule has 0 radical (unpaired) electrons. The van der Waals surface area contributed by atoms with Gasteiger partial charge in [-0.25, -0.2) is 4.98 Å². The fourth-order valence-electron chi connectivity index (χ4n) is 2.22. The van der Waals surface area contributed by atoms with Gasteiger partial charge in [0, 0.05) is 25.8 Å². The molecule has 1 saturated heterocycles. The van der Waals surface area contributed by atoms with Crippen LogP contribution in [-0.2, 0) is 4.74 Å². The minimum atomic E-state index is -0.173. The van der Waals surface area contributed by atoms with Gasteiger partial charge in [0.1, 0.15) is 5.82 Å². The van der Waals surface area contributed by atoms with Crippen LogP contribution in [0.1, 0.15) is 20.3 Å². The number of rotatable bonds is 5. The van der Waals surface area contributed by atoms with E-state index in [1.54, 1.807) is 6.20 Å². The summed E-state index contributed by atoms with van der Waals surface area (Å²) in [5, 5.41) is 12.5. The average molecular weight is 345 g/mol. The number of nitrogens with zero attached hydrogens (tertiary/aromatic N) is 3. The van der Waals surface area contributed by atoms with Crippen LogP contribution in [0.15, 0.2) is 10.7 Å². The van der Waals surface area contributed by atoms with E-state index in [0.29, 0.717) is 12.5 Å². The van der Waals surface area contributed by atoms with Crippen molar-refractivity contribution in [2.24, 2.45) is 0 Å². The third-order valence-corrected chi connectivity index (χ3v) is 3.65. The normalized spacial score (nSPS) is 22.9. The fraction of sp³-hybridized carbons (Fsp3) is 0.692. The monoisotopic (exact) mass is 344 g/mol. The van der Waals surface area contributed by atoms with Crippen LogP contribution in [0.25, 0.3) is 0 Å². The van der Waals surface area contributed by atoms with Crippen molar-refractivity contribution in [2.75, 3.05) is 36.5 Å². The summed E-state index contributed by atoms with van der Waals surface area (Å²) in [6.07, 6.45) is 2.67. The van der Waals surface area contributed by atoms with Gasteiger partial charge in [-0.05, 0) is 29.3 Å². The highest BCUT2D eigenvalue weighted by atomic mass is 79.9. The van der Waals surface area contributed by atoms with Crippen LogP contribution in [0.5, 0.6) is 0 Å². The lowest BCUT2D eigenvalue weighted by molar-refractivity contribution is -0.0423. The van der Waals surface area contributed by atoms with E-state index in [9.17, 15) is 5.11 Å². The third-order valence-electron chi connectivity index (χ3n) is 3.09. The molecule has 6 nitrogen and oxygen atoms in total. The van der Waals surface area contributed by atoms with Gasteiger partial charge in [-0.3, -0.25) is 0 Å². The highest BCUT2D eigenvalue weighted by molar-refractivity contribution is 9.10. The molecule has 2 N–H and O–H groups in total. The Morgan fingerprint density at radius 2 is 2.35 bits per heavy atom. The molecular formula is C13H21BrN4O2. The summed E-state index contributed by atoms with van der Waals surface area (Å²) in [5.41, 5.74) is 0. The molecule has 1 fully saturated rings. The summed E-state index contributed by atoms with van der Waals surface area (Å²) < 4.78 is 6.51. The summed E-state index contributed by atoms with van der Waals surface area (Å²) in [6.45, 7) is 6.34. The Labute approximate surface area is 127 Å². The van der Waals surface area contributed by atoms with E-state index in [0.717, 1.165) is 29.8 Å². The zero-order valence-corrected chi connectivity index (χ0v) is 13.4. The number of ether oxygens (including phenoxy) is 1.